The van der Waals surface area contributed by atoms with E-state index in [1.807, 2.05) is 24.3 Å². The predicted octanol–water partition coefficient (Wildman–Crippen LogP) is 2.32. The first-order valence-electron chi connectivity index (χ1n) is 11.7. The quantitative estimate of drug-likeness (QED) is 0.537. The van der Waals surface area contributed by atoms with Crippen molar-refractivity contribution in [3.05, 3.63) is 59.3 Å². The van der Waals surface area contributed by atoms with Gasteiger partial charge in [-0.3, -0.25) is 4.90 Å². The summed E-state index contributed by atoms with van der Waals surface area (Å²) in [7, 11) is 6.08. The minimum absolute atomic E-state index is 0.363. The van der Waals surface area contributed by atoms with Gasteiger partial charge in [0.25, 0.3) is 0 Å². The first-order chi connectivity index (χ1) is 17.5. The molecule has 0 radical (unpaired) electrons. The highest BCUT2D eigenvalue weighted by Crippen LogP contribution is 2.34. The van der Waals surface area contributed by atoms with Crippen molar-refractivity contribution in [2.75, 3.05) is 66.1 Å². The normalized spacial score (nSPS) is 18.3. The lowest BCUT2D eigenvalue weighted by Crippen LogP contribution is -2.51. The average Bonchev–Trinajstić information content (AvgIpc) is 2.92. The monoisotopic (exact) mass is 496 g/mol. The molecule has 2 aromatic carbocycles. The lowest BCUT2D eigenvalue weighted by Gasteiger charge is -2.38. The first-order valence-corrected chi connectivity index (χ1v) is 11.7. The molecule has 10 heteroatoms. The third-order valence-electron chi connectivity index (χ3n) is 6.49. The second-order valence-corrected chi connectivity index (χ2v) is 8.49. The van der Waals surface area contributed by atoms with Crippen molar-refractivity contribution in [1.29, 1.82) is 0 Å². The second-order valence-electron chi connectivity index (χ2n) is 8.49. The van der Waals surface area contributed by atoms with E-state index in [9.17, 15) is 9.59 Å². The number of carbonyl (C=O) groups is 2. The molecular formula is C26H32N4O6. The molecule has 2 N–H and O–H groups in total. The Morgan fingerprint density at radius 1 is 0.917 bits per heavy atom. The summed E-state index contributed by atoms with van der Waals surface area (Å²) in [5, 5.41) is 5.69. The molecule has 2 heterocycles. The number of hydrogen-bond acceptors (Lipinski definition) is 8. The van der Waals surface area contributed by atoms with Crippen molar-refractivity contribution in [3.63, 3.8) is 0 Å². The number of nitrogens with zero attached hydrogens (tertiary/aromatic N) is 2. The number of urea groups is 1. The number of benzene rings is 2. The predicted molar refractivity (Wildman–Crippen MR) is 135 cm³/mol. The van der Waals surface area contributed by atoms with E-state index in [1.54, 1.807) is 32.4 Å². The minimum atomic E-state index is -0.693. The molecule has 0 bridgehead atoms. The van der Waals surface area contributed by atoms with Gasteiger partial charge in [-0.15, -0.1) is 0 Å². The lowest BCUT2D eigenvalue weighted by molar-refractivity contribution is -0.136. The van der Waals surface area contributed by atoms with Crippen LogP contribution in [0, 0.1) is 0 Å². The Morgan fingerprint density at radius 3 is 2.22 bits per heavy atom. The van der Waals surface area contributed by atoms with Crippen LogP contribution < -0.4 is 29.7 Å². The van der Waals surface area contributed by atoms with Crippen molar-refractivity contribution in [1.82, 2.24) is 15.5 Å². The third-order valence-corrected chi connectivity index (χ3v) is 6.49. The third kappa shape index (κ3) is 5.33. The zero-order valence-electron chi connectivity index (χ0n) is 21.0. The number of rotatable bonds is 8. The Morgan fingerprint density at radius 2 is 1.61 bits per heavy atom. The van der Waals surface area contributed by atoms with Gasteiger partial charge in [0.05, 0.1) is 40.1 Å². The largest absolute Gasteiger partial charge is 0.497 e. The van der Waals surface area contributed by atoms with Crippen molar-refractivity contribution in [2.24, 2.45) is 0 Å². The summed E-state index contributed by atoms with van der Waals surface area (Å²) in [5.74, 6) is 1.38. The van der Waals surface area contributed by atoms with Crippen LogP contribution in [0.15, 0.2) is 53.7 Å². The van der Waals surface area contributed by atoms with Gasteiger partial charge in [-0.05, 0) is 42.0 Å². The van der Waals surface area contributed by atoms with E-state index < -0.39 is 12.0 Å². The van der Waals surface area contributed by atoms with Gasteiger partial charge in [-0.1, -0.05) is 6.07 Å². The standard InChI is InChI=1S/C26H32N4O6/c1-33-19-8-6-18(7-9-19)30-13-11-29(12-14-30)16-20-23(25(31)36-4)24(28-26(32)27-20)17-5-10-21(34-2)22(15-17)35-3/h5-10,15,24H,11-14,16H2,1-4H3,(H2,27,28,32)/t24-/m1/s1. The van der Waals surface area contributed by atoms with Crippen LogP contribution in [0.2, 0.25) is 0 Å². The number of methoxy groups -OCH3 is 4. The van der Waals surface area contributed by atoms with Gasteiger partial charge < -0.3 is 34.5 Å². The Hall–Kier alpha value is -3.92. The van der Waals surface area contributed by atoms with Crippen LogP contribution in [-0.4, -0.2) is 78.1 Å². The fourth-order valence-electron chi connectivity index (χ4n) is 4.56. The summed E-state index contributed by atoms with van der Waals surface area (Å²) < 4.78 is 21.1. The fourth-order valence-corrected chi connectivity index (χ4v) is 4.56. The van der Waals surface area contributed by atoms with Crippen LogP contribution in [0.1, 0.15) is 11.6 Å². The maximum absolute atomic E-state index is 12.9. The molecule has 2 aromatic rings. The molecule has 2 aliphatic heterocycles. The molecule has 2 amide bonds. The summed E-state index contributed by atoms with van der Waals surface area (Å²) >= 11 is 0. The van der Waals surface area contributed by atoms with Crippen LogP contribution >= 0.6 is 0 Å². The SMILES string of the molecule is COC(=O)C1=C(CN2CCN(c3ccc(OC)cc3)CC2)NC(=O)N[C@@H]1c1ccc(OC)c(OC)c1. The number of nitrogens with one attached hydrogen (secondary N) is 2. The van der Waals surface area contributed by atoms with E-state index in [2.05, 4.69) is 20.4 Å². The van der Waals surface area contributed by atoms with Gasteiger partial charge >= 0.3 is 12.0 Å². The van der Waals surface area contributed by atoms with Gasteiger partial charge in [0.2, 0.25) is 0 Å². The molecule has 0 spiro atoms. The van der Waals surface area contributed by atoms with E-state index in [1.165, 1.54) is 14.2 Å². The summed E-state index contributed by atoms with van der Waals surface area (Å²) in [6, 6.07) is 12.2. The van der Waals surface area contributed by atoms with Gasteiger partial charge in [-0.2, -0.15) is 0 Å². The smallest absolute Gasteiger partial charge is 0.338 e. The zero-order valence-corrected chi connectivity index (χ0v) is 21.0. The van der Waals surface area contributed by atoms with E-state index >= 15 is 0 Å². The summed E-state index contributed by atoms with van der Waals surface area (Å²) in [6.45, 7) is 3.59. The van der Waals surface area contributed by atoms with Crippen LogP contribution in [0.4, 0.5) is 10.5 Å². The summed E-state index contributed by atoms with van der Waals surface area (Å²) in [6.07, 6.45) is 0. The molecule has 0 aromatic heterocycles. The molecule has 2 aliphatic rings. The number of hydrogen-bond donors (Lipinski definition) is 2. The summed E-state index contributed by atoms with van der Waals surface area (Å²) in [5.41, 5.74) is 2.71. The Labute approximate surface area is 210 Å². The molecule has 192 valence electrons. The van der Waals surface area contributed by atoms with Crippen molar-refractivity contribution in [2.45, 2.75) is 6.04 Å². The maximum atomic E-state index is 12.9. The molecule has 0 unspecified atom stereocenters. The topological polar surface area (TPSA) is 102 Å². The Bertz CT molecular complexity index is 1130. The minimum Gasteiger partial charge on any atom is -0.497 e. The molecular weight excluding hydrogens is 464 g/mol. The number of piperazine rings is 1. The fraction of sp³-hybridized carbons (Fsp3) is 0.385. The van der Waals surface area contributed by atoms with Gasteiger partial charge in [-0.25, -0.2) is 9.59 Å². The van der Waals surface area contributed by atoms with Crippen molar-refractivity contribution < 1.29 is 28.5 Å². The zero-order chi connectivity index (χ0) is 25.7. The number of anilines is 1. The molecule has 36 heavy (non-hydrogen) atoms. The van der Waals surface area contributed by atoms with Crippen LogP contribution in [0.25, 0.3) is 0 Å². The Balaban J connectivity index is 1.55. The van der Waals surface area contributed by atoms with Gasteiger partial charge in [0.1, 0.15) is 5.75 Å². The van der Waals surface area contributed by atoms with Gasteiger partial charge in [0.15, 0.2) is 11.5 Å². The molecule has 1 atom stereocenters. The van der Waals surface area contributed by atoms with E-state index in [4.69, 9.17) is 18.9 Å². The number of ether oxygens (including phenoxy) is 4. The first kappa shape index (κ1) is 25.2. The highest BCUT2D eigenvalue weighted by Gasteiger charge is 2.35. The average molecular weight is 497 g/mol. The van der Waals surface area contributed by atoms with Crippen LogP contribution in [0.3, 0.4) is 0 Å². The Kier molecular flexibility index (Phi) is 7.84. The van der Waals surface area contributed by atoms with Gasteiger partial charge in [0, 0.05) is 44.1 Å². The molecule has 0 saturated carbocycles. The maximum Gasteiger partial charge on any atom is 0.338 e. The van der Waals surface area contributed by atoms with Crippen LogP contribution in [-0.2, 0) is 9.53 Å². The highest BCUT2D eigenvalue weighted by atomic mass is 16.5. The van der Waals surface area contributed by atoms with E-state index in [0.29, 0.717) is 34.9 Å². The lowest BCUT2D eigenvalue weighted by atomic mass is 9.94. The number of esters is 1. The van der Waals surface area contributed by atoms with E-state index in [-0.39, 0.29) is 6.03 Å². The van der Waals surface area contributed by atoms with Crippen molar-refractivity contribution >= 4 is 17.7 Å². The highest BCUT2D eigenvalue weighted by molar-refractivity contribution is 5.95. The summed E-state index contributed by atoms with van der Waals surface area (Å²) in [4.78, 5) is 30.1. The molecule has 4 rings (SSSR count). The van der Waals surface area contributed by atoms with Crippen molar-refractivity contribution in [3.8, 4) is 17.2 Å². The number of carbonyl (C=O) groups excluding carboxylic acids is 2. The van der Waals surface area contributed by atoms with Crippen LogP contribution in [0.5, 0.6) is 17.2 Å². The molecule has 1 saturated heterocycles. The van der Waals surface area contributed by atoms with E-state index in [0.717, 1.165) is 37.6 Å². The second kappa shape index (κ2) is 11.2. The molecule has 0 aliphatic carbocycles. The molecule has 10 nitrogen and oxygen atoms in total. The molecule has 1 fully saturated rings. The number of amides is 2.